The minimum Gasteiger partial charge on any atom is -0.396 e. The van der Waals surface area contributed by atoms with Gasteiger partial charge in [-0.05, 0) is 30.2 Å². The van der Waals surface area contributed by atoms with Gasteiger partial charge in [0.25, 0.3) is 5.69 Å². The molecule has 2 aromatic rings. The highest BCUT2D eigenvalue weighted by molar-refractivity contribution is 6.30. The molecule has 1 N–H and O–H groups in total. The highest BCUT2D eigenvalue weighted by Gasteiger charge is 2.16. The van der Waals surface area contributed by atoms with E-state index < -0.39 is 4.92 Å². The first kappa shape index (κ1) is 17.7. The Bertz CT molecular complexity index is 774. The van der Waals surface area contributed by atoms with Crippen LogP contribution in [0.4, 0.5) is 11.4 Å². The molecular formula is C17H16ClN3O3. The molecule has 124 valence electrons. The number of nitro benzene ring substituents is 1. The number of aliphatic hydroxyl groups excluding tert-OH is 1. The van der Waals surface area contributed by atoms with Crippen LogP contribution >= 0.6 is 11.6 Å². The lowest BCUT2D eigenvalue weighted by Gasteiger charge is -2.25. The number of halogens is 1. The van der Waals surface area contributed by atoms with Gasteiger partial charge in [-0.15, -0.1) is 0 Å². The number of benzene rings is 2. The van der Waals surface area contributed by atoms with Gasteiger partial charge in [-0.1, -0.05) is 23.7 Å². The summed E-state index contributed by atoms with van der Waals surface area (Å²) in [5, 5.41) is 29.9. The molecule has 0 spiro atoms. The van der Waals surface area contributed by atoms with E-state index in [1.807, 2.05) is 29.2 Å². The molecule has 0 bridgehead atoms. The fraction of sp³-hybridized carbons (Fsp3) is 0.235. The summed E-state index contributed by atoms with van der Waals surface area (Å²) in [6, 6.07) is 13.6. The number of nitrogens with zero attached hydrogens (tertiary/aromatic N) is 3. The minimum absolute atomic E-state index is 0.0148. The lowest BCUT2D eigenvalue weighted by atomic mass is 10.1. The van der Waals surface area contributed by atoms with Crippen LogP contribution in [0.1, 0.15) is 17.5 Å². The molecule has 2 rings (SSSR count). The van der Waals surface area contributed by atoms with Crippen molar-refractivity contribution in [1.82, 2.24) is 0 Å². The van der Waals surface area contributed by atoms with Crippen molar-refractivity contribution < 1.29 is 10.0 Å². The van der Waals surface area contributed by atoms with Gasteiger partial charge in [-0.3, -0.25) is 10.1 Å². The molecule has 7 heteroatoms. The van der Waals surface area contributed by atoms with Gasteiger partial charge in [0, 0.05) is 36.9 Å². The maximum Gasteiger partial charge on any atom is 0.270 e. The number of hydrogen-bond donors (Lipinski definition) is 1. The van der Waals surface area contributed by atoms with E-state index in [0.29, 0.717) is 30.2 Å². The molecular weight excluding hydrogens is 330 g/mol. The maximum absolute atomic E-state index is 10.9. The lowest BCUT2D eigenvalue weighted by molar-refractivity contribution is -0.384. The van der Waals surface area contributed by atoms with E-state index in [2.05, 4.69) is 0 Å². The van der Waals surface area contributed by atoms with E-state index in [4.69, 9.17) is 16.7 Å². The fourth-order valence-corrected chi connectivity index (χ4v) is 2.62. The second kappa shape index (κ2) is 8.29. The summed E-state index contributed by atoms with van der Waals surface area (Å²) in [5.41, 5.74) is 1.64. The number of nitro groups is 1. The first-order valence-corrected chi connectivity index (χ1v) is 7.71. The minimum atomic E-state index is -0.528. The third-order valence-corrected chi connectivity index (χ3v) is 3.74. The van der Waals surface area contributed by atoms with Crippen LogP contribution in [0.2, 0.25) is 5.02 Å². The van der Waals surface area contributed by atoms with Crippen LogP contribution in [0, 0.1) is 21.4 Å². The first-order valence-electron chi connectivity index (χ1n) is 7.34. The topological polar surface area (TPSA) is 90.4 Å². The van der Waals surface area contributed by atoms with E-state index in [1.165, 1.54) is 12.1 Å². The van der Waals surface area contributed by atoms with Crippen LogP contribution < -0.4 is 4.90 Å². The van der Waals surface area contributed by atoms with Gasteiger partial charge in [0.1, 0.15) is 6.07 Å². The molecule has 0 aliphatic rings. The Labute approximate surface area is 144 Å². The number of aliphatic hydroxyl groups is 1. The Morgan fingerprint density at radius 2 is 2.08 bits per heavy atom. The van der Waals surface area contributed by atoms with Crippen molar-refractivity contribution in [2.75, 3.05) is 18.1 Å². The highest BCUT2D eigenvalue weighted by atomic mass is 35.5. The lowest BCUT2D eigenvalue weighted by Crippen LogP contribution is -2.25. The van der Waals surface area contributed by atoms with Crippen LogP contribution in [-0.2, 0) is 6.54 Å². The van der Waals surface area contributed by atoms with Crippen molar-refractivity contribution in [3.63, 3.8) is 0 Å². The molecule has 0 aliphatic heterocycles. The van der Waals surface area contributed by atoms with Crippen molar-refractivity contribution in [2.45, 2.75) is 13.0 Å². The molecule has 24 heavy (non-hydrogen) atoms. The number of rotatable bonds is 7. The van der Waals surface area contributed by atoms with Gasteiger partial charge >= 0.3 is 0 Å². The quantitative estimate of drug-likeness (QED) is 0.612. The van der Waals surface area contributed by atoms with Crippen molar-refractivity contribution in [2.24, 2.45) is 0 Å². The van der Waals surface area contributed by atoms with Gasteiger partial charge in [-0.2, -0.15) is 5.26 Å². The van der Waals surface area contributed by atoms with Gasteiger partial charge in [0.05, 0.1) is 16.2 Å². The van der Waals surface area contributed by atoms with Crippen molar-refractivity contribution in [3.05, 3.63) is 68.7 Å². The van der Waals surface area contributed by atoms with Crippen molar-refractivity contribution in [1.29, 1.82) is 5.26 Å². The zero-order valence-corrected chi connectivity index (χ0v) is 13.6. The fourth-order valence-electron chi connectivity index (χ4n) is 2.40. The van der Waals surface area contributed by atoms with E-state index in [1.54, 1.807) is 12.1 Å². The molecule has 0 radical (unpaired) electrons. The SMILES string of the molecule is N#Cc1cc([N+](=O)[O-])ccc1N(CCCO)Cc1cccc(Cl)c1. The zero-order valence-electron chi connectivity index (χ0n) is 12.9. The number of anilines is 1. The summed E-state index contributed by atoms with van der Waals surface area (Å²) in [5.74, 6) is 0. The molecule has 0 amide bonds. The largest absolute Gasteiger partial charge is 0.396 e. The summed E-state index contributed by atoms with van der Waals surface area (Å²) in [6.45, 7) is 1.00. The Balaban J connectivity index is 2.37. The average molecular weight is 346 g/mol. The zero-order chi connectivity index (χ0) is 17.5. The number of hydrogen-bond acceptors (Lipinski definition) is 5. The summed E-state index contributed by atoms with van der Waals surface area (Å²) in [6.07, 6.45) is 0.516. The highest BCUT2D eigenvalue weighted by Crippen LogP contribution is 2.27. The van der Waals surface area contributed by atoms with Gasteiger partial charge in [0.15, 0.2) is 0 Å². The molecule has 0 aliphatic carbocycles. The van der Waals surface area contributed by atoms with Crippen molar-refractivity contribution in [3.8, 4) is 6.07 Å². The molecule has 0 saturated heterocycles. The molecule has 2 aromatic carbocycles. The average Bonchev–Trinajstić information content (AvgIpc) is 2.58. The number of nitriles is 1. The standard InChI is InChI=1S/C17H16ClN3O3/c18-15-4-1-3-13(9-15)12-20(7-2-8-22)17-6-5-16(21(23)24)10-14(17)11-19/h1,3-6,9-10,22H,2,7-8,12H2. The third-order valence-electron chi connectivity index (χ3n) is 3.50. The van der Waals surface area contributed by atoms with Crippen molar-refractivity contribution >= 4 is 23.0 Å². The summed E-state index contributed by atoms with van der Waals surface area (Å²) in [7, 11) is 0. The van der Waals surface area contributed by atoms with Crippen LogP contribution in [0.3, 0.4) is 0 Å². The third kappa shape index (κ3) is 4.44. The van der Waals surface area contributed by atoms with E-state index in [0.717, 1.165) is 5.56 Å². The van der Waals surface area contributed by atoms with E-state index in [-0.39, 0.29) is 17.9 Å². The second-order valence-electron chi connectivity index (χ2n) is 5.20. The molecule has 0 aromatic heterocycles. The second-order valence-corrected chi connectivity index (χ2v) is 5.64. The molecule has 0 heterocycles. The van der Waals surface area contributed by atoms with Gasteiger partial charge in [0.2, 0.25) is 0 Å². The van der Waals surface area contributed by atoms with E-state index in [9.17, 15) is 15.4 Å². The Kier molecular flexibility index (Phi) is 6.13. The summed E-state index contributed by atoms with van der Waals surface area (Å²) in [4.78, 5) is 12.3. The van der Waals surface area contributed by atoms with E-state index >= 15 is 0 Å². The summed E-state index contributed by atoms with van der Waals surface area (Å²) < 4.78 is 0. The Hall–Kier alpha value is -2.62. The van der Waals surface area contributed by atoms with Crippen LogP contribution in [0.25, 0.3) is 0 Å². The van der Waals surface area contributed by atoms with Gasteiger partial charge < -0.3 is 10.0 Å². The molecule has 0 saturated carbocycles. The van der Waals surface area contributed by atoms with Crippen LogP contribution in [0.15, 0.2) is 42.5 Å². The smallest absolute Gasteiger partial charge is 0.270 e. The number of non-ortho nitro benzene ring substituents is 1. The Morgan fingerprint density at radius 1 is 1.29 bits per heavy atom. The molecule has 0 unspecified atom stereocenters. The van der Waals surface area contributed by atoms with Crippen LogP contribution in [-0.4, -0.2) is 23.2 Å². The maximum atomic E-state index is 10.9. The first-order chi connectivity index (χ1) is 11.5. The monoisotopic (exact) mass is 345 g/mol. The molecule has 6 nitrogen and oxygen atoms in total. The Morgan fingerprint density at radius 3 is 2.71 bits per heavy atom. The summed E-state index contributed by atoms with van der Waals surface area (Å²) >= 11 is 6.01. The predicted molar refractivity (Wildman–Crippen MR) is 92.0 cm³/mol. The molecule has 0 atom stereocenters. The van der Waals surface area contributed by atoms with Gasteiger partial charge in [-0.25, -0.2) is 0 Å². The van der Waals surface area contributed by atoms with Crippen LogP contribution in [0.5, 0.6) is 0 Å². The molecule has 0 fully saturated rings. The normalized spacial score (nSPS) is 10.2. The predicted octanol–water partition coefficient (Wildman–Crippen LogP) is 3.51.